The summed E-state index contributed by atoms with van der Waals surface area (Å²) in [5.74, 6) is -0.631. The van der Waals surface area contributed by atoms with Crippen molar-refractivity contribution < 1.29 is 19.1 Å². The van der Waals surface area contributed by atoms with E-state index in [-0.39, 0.29) is 24.5 Å². The molecule has 1 saturated heterocycles. The van der Waals surface area contributed by atoms with E-state index >= 15 is 0 Å². The smallest absolute Gasteiger partial charge is 0.305 e. The van der Waals surface area contributed by atoms with Crippen LogP contribution in [0, 0.1) is 11.8 Å². The van der Waals surface area contributed by atoms with Gasteiger partial charge in [-0.1, -0.05) is 25.9 Å². The second kappa shape index (κ2) is 7.85. The Bertz CT molecular complexity index is 436. The molecule has 1 heterocycles. The standard InChI is InChI=1S/C13H22N4O4/c1-5-10-7(2)8(3)12(13(21-10)20-9(4)18)16-11(19)6-15-17-14/h7-8,10,12-13H,5-6H2,1-4H3,(H,16,19)/t7-,8-,10?,12?,13+/m0/s1. The van der Waals surface area contributed by atoms with Crippen LogP contribution >= 0.6 is 0 Å². The number of rotatable bonds is 5. The first kappa shape index (κ1) is 17.3. The number of azide groups is 1. The van der Waals surface area contributed by atoms with Crippen molar-refractivity contribution in [1.82, 2.24) is 5.32 Å². The first-order chi connectivity index (χ1) is 9.90. The average Bonchev–Trinajstić information content (AvgIpc) is 2.43. The molecular formula is C13H22N4O4. The normalized spacial score (nSPS) is 31.9. The molecular weight excluding hydrogens is 276 g/mol. The summed E-state index contributed by atoms with van der Waals surface area (Å²) >= 11 is 0. The zero-order valence-electron chi connectivity index (χ0n) is 12.8. The molecule has 1 aliphatic heterocycles. The van der Waals surface area contributed by atoms with Gasteiger partial charge in [0, 0.05) is 11.8 Å². The highest BCUT2D eigenvalue weighted by Crippen LogP contribution is 2.32. The third kappa shape index (κ3) is 4.61. The Balaban J connectivity index is 2.85. The van der Waals surface area contributed by atoms with E-state index in [1.54, 1.807) is 0 Å². The van der Waals surface area contributed by atoms with E-state index in [9.17, 15) is 9.59 Å². The second-order valence-corrected chi connectivity index (χ2v) is 5.26. The number of carbonyl (C=O) groups is 2. The number of ether oxygens (including phenoxy) is 2. The fourth-order valence-corrected chi connectivity index (χ4v) is 2.55. The minimum absolute atomic E-state index is 0.0327. The zero-order chi connectivity index (χ0) is 16.0. The fourth-order valence-electron chi connectivity index (χ4n) is 2.55. The molecule has 1 fully saturated rings. The third-order valence-electron chi connectivity index (χ3n) is 3.87. The summed E-state index contributed by atoms with van der Waals surface area (Å²) in [5.41, 5.74) is 8.24. The van der Waals surface area contributed by atoms with Crippen molar-refractivity contribution in [3.8, 4) is 0 Å². The predicted molar refractivity (Wildman–Crippen MR) is 75.0 cm³/mol. The lowest BCUT2D eigenvalue weighted by atomic mass is 9.81. The van der Waals surface area contributed by atoms with Gasteiger partial charge in [0.2, 0.25) is 12.2 Å². The van der Waals surface area contributed by atoms with Gasteiger partial charge in [-0.05, 0) is 23.8 Å². The van der Waals surface area contributed by atoms with Crippen molar-refractivity contribution in [1.29, 1.82) is 0 Å². The van der Waals surface area contributed by atoms with E-state index in [2.05, 4.69) is 15.3 Å². The Kier molecular flexibility index (Phi) is 6.45. The van der Waals surface area contributed by atoms with Gasteiger partial charge in [-0.25, -0.2) is 0 Å². The van der Waals surface area contributed by atoms with Crippen molar-refractivity contribution in [2.75, 3.05) is 6.54 Å². The Labute approximate surface area is 123 Å². The van der Waals surface area contributed by atoms with Gasteiger partial charge in [-0.3, -0.25) is 9.59 Å². The van der Waals surface area contributed by atoms with Crippen LogP contribution in [0.5, 0.6) is 0 Å². The van der Waals surface area contributed by atoms with E-state index in [4.69, 9.17) is 15.0 Å². The van der Waals surface area contributed by atoms with Crippen molar-refractivity contribution in [2.24, 2.45) is 17.0 Å². The lowest BCUT2D eigenvalue weighted by molar-refractivity contribution is -0.231. The molecule has 21 heavy (non-hydrogen) atoms. The molecule has 1 aliphatic rings. The van der Waals surface area contributed by atoms with Crippen molar-refractivity contribution in [2.45, 2.75) is 52.6 Å². The summed E-state index contributed by atoms with van der Waals surface area (Å²) in [4.78, 5) is 25.5. The van der Waals surface area contributed by atoms with Crippen LogP contribution in [-0.4, -0.2) is 36.9 Å². The van der Waals surface area contributed by atoms with Gasteiger partial charge in [-0.15, -0.1) is 0 Å². The fraction of sp³-hybridized carbons (Fsp3) is 0.846. The maximum absolute atomic E-state index is 11.7. The van der Waals surface area contributed by atoms with Crippen LogP contribution < -0.4 is 5.32 Å². The zero-order valence-corrected chi connectivity index (χ0v) is 12.8. The molecule has 8 heteroatoms. The van der Waals surface area contributed by atoms with Gasteiger partial charge in [0.25, 0.3) is 0 Å². The highest BCUT2D eigenvalue weighted by atomic mass is 16.7. The molecule has 0 radical (unpaired) electrons. The summed E-state index contributed by atoms with van der Waals surface area (Å²) in [7, 11) is 0. The summed E-state index contributed by atoms with van der Waals surface area (Å²) < 4.78 is 11.0. The quantitative estimate of drug-likeness (QED) is 0.360. The molecule has 2 unspecified atom stereocenters. The third-order valence-corrected chi connectivity index (χ3v) is 3.87. The number of nitrogens with zero attached hydrogens (tertiary/aromatic N) is 3. The molecule has 0 bridgehead atoms. The van der Waals surface area contributed by atoms with Gasteiger partial charge in [-0.2, -0.15) is 0 Å². The van der Waals surface area contributed by atoms with Gasteiger partial charge in [0.15, 0.2) is 0 Å². The highest BCUT2D eigenvalue weighted by molar-refractivity contribution is 5.78. The Hall–Kier alpha value is -1.79. The molecule has 0 aromatic heterocycles. The van der Waals surface area contributed by atoms with Gasteiger partial charge >= 0.3 is 5.97 Å². The van der Waals surface area contributed by atoms with E-state index in [1.807, 2.05) is 20.8 Å². The molecule has 8 nitrogen and oxygen atoms in total. The summed E-state index contributed by atoms with van der Waals surface area (Å²) in [6, 6.07) is -0.465. The van der Waals surface area contributed by atoms with Gasteiger partial charge in [0.1, 0.15) is 6.54 Å². The Morgan fingerprint density at radius 2 is 2.05 bits per heavy atom. The molecule has 118 valence electrons. The number of nitrogens with one attached hydrogen (secondary N) is 1. The highest BCUT2D eigenvalue weighted by Gasteiger charge is 2.43. The summed E-state index contributed by atoms with van der Waals surface area (Å²) in [6.45, 7) is 7.02. The largest absolute Gasteiger partial charge is 0.434 e. The van der Waals surface area contributed by atoms with E-state index in [0.29, 0.717) is 0 Å². The van der Waals surface area contributed by atoms with E-state index < -0.39 is 24.2 Å². The summed E-state index contributed by atoms with van der Waals surface area (Å²) in [5, 5.41) is 5.95. The van der Waals surface area contributed by atoms with Crippen molar-refractivity contribution in [3.63, 3.8) is 0 Å². The molecule has 0 saturated carbocycles. The molecule has 0 aliphatic carbocycles. The predicted octanol–water partition coefficient (Wildman–Crippen LogP) is 1.75. The molecule has 1 rings (SSSR count). The molecule has 0 aromatic carbocycles. The first-order valence-electron chi connectivity index (χ1n) is 7.03. The van der Waals surface area contributed by atoms with Crippen LogP contribution in [-0.2, 0) is 19.1 Å². The molecule has 0 aromatic rings. The Morgan fingerprint density at radius 3 is 2.57 bits per heavy atom. The average molecular weight is 298 g/mol. The van der Waals surface area contributed by atoms with Crippen LogP contribution in [0.1, 0.15) is 34.1 Å². The number of hydrogen-bond acceptors (Lipinski definition) is 5. The molecule has 1 N–H and O–H groups in total. The topological polar surface area (TPSA) is 113 Å². The second-order valence-electron chi connectivity index (χ2n) is 5.26. The maximum atomic E-state index is 11.7. The minimum atomic E-state index is -0.825. The number of esters is 1. The van der Waals surface area contributed by atoms with Crippen LogP contribution in [0.4, 0.5) is 0 Å². The molecule has 5 atom stereocenters. The molecule has 0 spiro atoms. The summed E-state index contributed by atoms with van der Waals surface area (Å²) in [6.07, 6.45) is -0.0637. The van der Waals surface area contributed by atoms with E-state index in [0.717, 1.165) is 6.42 Å². The number of amides is 1. The monoisotopic (exact) mass is 298 g/mol. The SMILES string of the molecule is CCC1O[C@@H](OC(C)=O)C(NC(=O)CN=[N+]=[N-])[C@@H](C)[C@@H]1C. The first-order valence-corrected chi connectivity index (χ1v) is 7.03. The number of carbonyl (C=O) groups excluding carboxylic acids is 2. The van der Waals surface area contributed by atoms with Crippen LogP contribution in [0.2, 0.25) is 0 Å². The van der Waals surface area contributed by atoms with Crippen LogP contribution in [0.25, 0.3) is 10.4 Å². The van der Waals surface area contributed by atoms with Crippen molar-refractivity contribution >= 4 is 11.9 Å². The van der Waals surface area contributed by atoms with Gasteiger partial charge in [0.05, 0.1) is 12.1 Å². The van der Waals surface area contributed by atoms with Crippen LogP contribution in [0.3, 0.4) is 0 Å². The van der Waals surface area contributed by atoms with Crippen molar-refractivity contribution in [3.05, 3.63) is 10.4 Å². The lowest BCUT2D eigenvalue weighted by Crippen LogP contribution is -2.58. The molecule has 1 amide bonds. The number of hydrogen-bond donors (Lipinski definition) is 1. The minimum Gasteiger partial charge on any atom is -0.434 e. The van der Waals surface area contributed by atoms with E-state index in [1.165, 1.54) is 6.92 Å². The lowest BCUT2D eigenvalue weighted by Gasteiger charge is -2.44. The Morgan fingerprint density at radius 1 is 1.38 bits per heavy atom. The maximum Gasteiger partial charge on any atom is 0.305 e. The van der Waals surface area contributed by atoms with Crippen LogP contribution in [0.15, 0.2) is 5.11 Å². The van der Waals surface area contributed by atoms with Gasteiger partial charge < -0.3 is 14.8 Å².